The summed E-state index contributed by atoms with van der Waals surface area (Å²) >= 11 is 0. The van der Waals surface area contributed by atoms with E-state index < -0.39 is 0 Å². The third-order valence-electron chi connectivity index (χ3n) is 3.04. The van der Waals surface area contributed by atoms with Crippen molar-refractivity contribution in [2.24, 2.45) is 0 Å². The van der Waals surface area contributed by atoms with Crippen LogP contribution in [0.4, 0.5) is 0 Å². The molecule has 0 aliphatic carbocycles. The van der Waals surface area contributed by atoms with Gasteiger partial charge >= 0.3 is 0 Å². The predicted octanol–water partition coefficient (Wildman–Crippen LogP) is 4.14. The quantitative estimate of drug-likeness (QED) is 0.674. The number of hydrogen-bond donors (Lipinski definition) is 0. The zero-order valence-corrected chi connectivity index (χ0v) is 10.6. The molecule has 91 valence electrons. The van der Waals surface area contributed by atoms with Gasteiger partial charge in [0.05, 0.1) is 5.69 Å². The Balaban J connectivity index is 1.89. The number of nitrogens with zero attached hydrogens (tertiary/aromatic N) is 1. The molecule has 1 radical (unpaired) electrons. The molecule has 1 nitrogen and oxygen atoms in total. The van der Waals surface area contributed by atoms with Gasteiger partial charge in [-0.15, -0.1) is 0 Å². The van der Waals surface area contributed by atoms with Gasteiger partial charge in [0.1, 0.15) is 0 Å². The van der Waals surface area contributed by atoms with Gasteiger partial charge in [-0.05, 0) is 23.6 Å². The summed E-state index contributed by atoms with van der Waals surface area (Å²) in [5.41, 5.74) is 4.48. The fourth-order valence-corrected chi connectivity index (χ4v) is 2.09. The lowest BCUT2D eigenvalue weighted by molar-refractivity contribution is 1.16. The molecule has 0 saturated heterocycles. The average Bonchev–Trinajstić information content (AvgIpc) is 2.49. The molecule has 2 aromatic carbocycles. The van der Waals surface area contributed by atoms with Gasteiger partial charge < -0.3 is 0 Å². The van der Waals surface area contributed by atoms with Crippen LogP contribution in [-0.2, 0) is 6.42 Å². The van der Waals surface area contributed by atoms with Crippen molar-refractivity contribution in [2.75, 3.05) is 0 Å². The van der Waals surface area contributed by atoms with E-state index >= 15 is 0 Å². The molecule has 0 fully saturated rings. The van der Waals surface area contributed by atoms with Gasteiger partial charge in [0.15, 0.2) is 0 Å². The molecule has 0 aliphatic heterocycles. The molecule has 0 aliphatic rings. The number of aromatic nitrogens is 1. The first kappa shape index (κ1) is 11.7. The molecular formula is C18H14N. The van der Waals surface area contributed by atoms with Crippen molar-refractivity contribution in [3.05, 3.63) is 90.1 Å². The molecule has 3 aromatic rings. The fraction of sp³-hybridized carbons (Fsp3) is 0.0556. The van der Waals surface area contributed by atoms with E-state index in [4.69, 9.17) is 0 Å². The maximum atomic E-state index is 4.40. The highest BCUT2D eigenvalue weighted by molar-refractivity contribution is 5.58. The van der Waals surface area contributed by atoms with Crippen LogP contribution in [0.3, 0.4) is 0 Å². The maximum absolute atomic E-state index is 4.40. The Hall–Kier alpha value is -2.41. The van der Waals surface area contributed by atoms with Gasteiger partial charge in [0.25, 0.3) is 0 Å². The van der Waals surface area contributed by atoms with Crippen LogP contribution in [0.25, 0.3) is 11.3 Å². The molecule has 0 bridgehead atoms. The second-order valence-corrected chi connectivity index (χ2v) is 4.47. The highest BCUT2D eigenvalue weighted by Crippen LogP contribution is 2.18. The Kier molecular flexibility index (Phi) is 3.37. The normalized spacial score (nSPS) is 10.3. The summed E-state index contributed by atoms with van der Waals surface area (Å²) in [6.07, 6.45) is 2.75. The molecule has 1 heteroatoms. The molecule has 0 N–H and O–H groups in total. The number of hydrogen-bond acceptors (Lipinski definition) is 1. The summed E-state index contributed by atoms with van der Waals surface area (Å²) in [5.74, 6) is 0. The lowest BCUT2D eigenvalue weighted by atomic mass is 10.0. The third kappa shape index (κ3) is 2.89. The topological polar surface area (TPSA) is 12.9 Å². The minimum Gasteiger partial charge on any atom is -0.256 e. The number of rotatable bonds is 3. The van der Waals surface area contributed by atoms with Gasteiger partial charge in [-0.1, -0.05) is 60.7 Å². The molecule has 0 spiro atoms. The van der Waals surface area contributed by atoms with Crippen molar-refractivity contribution >= 4 is 0 Å². The van der Waals surface area contributed by atoms with Gasteiger partial charge in [0.2, 0.25) is 0 Å². The van der Waals surface area contributed by atoms with Gasteiger partial charge in [-0.25, -0.2) is 0 Å². The first-order chi connectivity index (χ1) is 9.42. The second-order valence-electron chi connectivity index (χ2n) is 4.47. The fourth-order valence-electron chi connectivity index (χ4n) is 2.09. The first-order valence-corrected chi connectivity index (χ1v) is 6.38. The van der Waals surface area contributed by atoms with E-state index in [1.165, 1.54) is 11.1 Å². The van der Waals surface area contributed by atoms with E-state index in [2.05, 4.69) is 47.4 Å². The van der Waals surface area contributed by atoms with Crippen LogP contribution in [0.5, 0.6) is 0 Å². The van der Waals surface area contributed by atoms with E-state index in [1.54, 1.807) is 0 Å². The molecule has 19 heavy (non-hydrogen) atoms. The van der Waals surface area contributed by atoms with E-state index in [9.17, 15) is 0 Å². The van der Waals surface area contributed by atoms with E-state index in [0.717, 1.165) is 17.7 Å². The molecule has 3 rings (SSSR count). The lowest BCUT2D eigenvalue weighted by Gasteiger charge is -2.04. The Morgan fingerprint density at radius 2 is 1.47 bits per heavy atom. The van der Waals surface area contributed by atoms with Gasteiger partial charge in [0, 0.05) is 17.8 Å². The summed E-state index contributed by atoms with van der Waals surface area (Å²) in [6.45, 7) is 0. The van der Waals surface area contributed by atoms with Crippen LogP contribution in [0.15, 0.2) is 72.9 Å². The summed E-state index contributed by atoms with van der Waals surface area (Å²) in [4.78, 5) is 4.40. The Labute approximate surface area is 113 Å². The number of pyridine rings is 1. The summed E-state index contributed by atoms with van der Waals surface area (Å²) < 4.78 is 0. The minimum atomic E-state index is 0.892. The molecule has 0 saturated carbocycles. The van der Waals surface area contributed by atoms with Crippen molar-refractivity contribution in [3.63, 3.8) is 0 Å². The Morgan fingerprint density at radius 1 is 0.789 bits per heavy atom. The standard InChI is InChI=1S/C18H14N/c1-3-7-15(8-4-1)13-16-11-12-19-18(14-16)17-9-5-2-6-10-17/h1-12H,13H2. The minimum absolute atomic E-state index is 0.892. The van der Waals surface area contributed by atoms with Crippen LogP contribution in [0.1, 0.15) is 11.1 Å². The Bertz CT molecular complexity index is 645. The van der Waals surface area contributed by atoms with Crippen LogP contribution >= 0.6 is 0 Å². The molecule has 0 atom stereocenters. The van der Waals surface area contributed by atoms with Crippen LogP contribution in [0.2, 0.25) is 0 Å². The molecule has 0 unspecified atom stereocenters. The molecule has 0 amide bonds. The highest BCUT2D eigenvalue weighted by atomic mass is 14.7. The zero-order chi connectivity index (χ0) is 12.9. The smallest absolute Gasteiger partial charge is 0.0784 e. The summed E-state index contributed by atoms with van der Waals surface area (Å²) in [6, 6.07) is 26.0. The molecular weight excluding hydrogens is 230 g/mol. The molecule has 1 aromatic heterocycles. The first-order valence-electron chi connectivity index (χ1n) is 6.38. The van der Waals surface area contributed by atoms with Gasteiger partial charge in [-0.3, -0.25) is 4.98 Å². The molecule has 1 heterocycles. The maximum Gasteiger partial charge on any atom is 0.0784 e. The van der Waals surface area contributed by atoms with Crippen molar-refractivity contribution < 1.29 is 0 Å². The van der Waals surface area contributed by atoms with E-state index in [-0.39, 0.29) is 0 Å². The average molecular weight is 244 g/mol. The number of benzene rings is 2. The summed E-state index contributed by atoms with van der Waals surface area (Å²) in [5, 5.41) is 0. The van der Waals surface area contributed by atoms with Crippen molar-refractivity contribution in [1.82, 2.24) is 4.98 Å². The third-order valence-corrected chi connectivity index (χ3v) is 3.04. The van der Waals surface area contributed by atoms with Crippen molar-refractivity contribution in [2.45, 2.75) is 6.42 Å². The predicted molar refractivity (Wildman–Crippen MR) is 77.8 cm³/mol. The summed E-state index contributed by atoms with van der Waals surface area (Å²) in [7, 11) is 0. The monoisotopic (exact) mass is 244 g/mol. The van der Waals surface area contributed by atoms with Crippen molar-refractivity contribution in [1.29, 1.82) is 0 Å². The second kappa shape index (κ2) is 5.49. The van der Waals surface area contributed by atoms with Gasteiger partial charge in [-0.2, -0.15) is 0 Å². The van der Waals surface area contributed by atoms with Crippen LogP contribution in [-0.4, -0.2) is 4.98 Å². The highest BCUT2D eigenvalue weighted by Gasteiger charge is 2.01. The van der Waals surface area contributed by atoms with Crippen LogP contribution in [0, 0.1) is 6.07 Å². The zero-order valence-electron chi connectivity index (χ0n) is 10.6. The van der Waals surface area contributed by atoms with Crippen molar-refractivity contribution in [3.8, 4) is 11.3 Å². The SMILES string of the molecule is [c]1c(Cc2ccccc2)ccnc1-c1ccccc1. The van der Waals surface area contributed by atoms with E-state index in [0.29, 0.717) is 0 Å². The van der Waals surface area contributed by atoms with E-state index in [1.807, 2.05) is 36.5 Å². The van der Waals surface area contributed by atoms with Crippen LogP contribution < -0.4 is 0 Å². The Morgan fingerprint density at radius 3 is 2.21 bits per heavy atom. The largest absolute Gasteiger partial charge is 0.256 e. The lowest BCUT2D eigenvalue weighted by Crippen LogP contribution is -1.91.